The van der Waals surface area contributed by atoms with Crippen molar-refractivity contribution in [2.45, 2.75) is 19.9 Å². The van der Waals surface area contributed by atoms with Crippen molar-refractivity contribution in [3.8, 4) is 0 Å². The maximum Gasteiger partial charge on any atom is 0.211 e. The molecular weight excluding hydrogens is 180 g/mol. The van der Waals surface area contributed by atoms with Crippen LogP contribution in [0.2, 0.25) is 0 Å². The zero-order valence-corrected chi connectivity index (χ0v) is 8.25. The third kappa shape index (κ3) is 2.58. The van der Waals surface area contributed by atoms with Gasteiger partial charge in [-0.25, -0.2) is 4.98 Å². The molecule has 6 nitrogen and oxygen atoms in total. The molecule has 0 saturated carbocycles. The lowest BCUT2D eigenvalue weighted by Crippen LogP contribution is -2.21. The van der Waals surface area contributed by atoms with Crippen LogP contribution in [-0.4, -0.2) is 21.7 Å². The molecule has 0 fully saturated rings. The number of nitrogens with two attached hydrogens (primary N) is 2. The fraction of sp³-hybridized carbons (Fsp3) is 0.375. The number of hydrogen-bond donors (Lipinski definition) is 2. The first-order valence-electron chi connectivity index (χ1n) is 4.25. The maximum atomic E-state index is 5.12. The molecule has 0 aliphatic carbocycles. The van der Waals surface area contributed by atoms with Gasteiger partial charge in [0.2, 0.25) is 5.96 Å². The molecule has 0 unspecified atom stereocenters. The molecule has 0 bridgehead atoms. The van der Waals surface area contributed by atoms with Gasteiger partial charge in [0.05, 0.1) is 24.4 Å². The molecule has 0 spiro atoms. The van der Waals surface area contributed by atoms with Crippen molar-refractivity contribution in [3.05, 3.63) is 18.2 Å². The summed E-state index contributed by atoms with van der Waals surface area (Å²) < 4.78 is 1.96. The minimum atomic E-state index is -0.0585. The number of hydrogen-bond acceptors (Lipinski definition) is 3. The smallest absolute Gasteiger partial charge is 0.211 e. The van der Waals surface area contributed by atoms with Crippen LogP contribution < -0.4 is 11.5 Å². The fourth-order valence-electron chi connectivity index (χ4n) is 1.00. The second kappa shape index (κ2) is 4.40. The van der Waals surface area contributed by atoms with E-state index in [2.05, 4.69) is 29.0 Å². The Labute approximate surface area is 82.3 Å². The molecule has 0 saturated heterocycles. The number of nitrogens with zero attached hydrogens (tertiary/aromatic N) is 4. The minimum Gasteiger partial charge on any atom is -0.369 e. The molecule has 76 valence electrons. The van der Waals surface area contributed by atoms with Gasteiger partial charge in [-0.1, -0.05) is 0 Å². The maximum absolute atomic E-state index is 5.12. The molecule has 0 radical (unpaired) electrons. The third-order valence-corrected chi connectivity index (χ3v) is 1.62. The van der Waals surface area contributed by atoms with E-state index in [9.17, 15) is 0 Å². The van der Waals surface area contributed by atoms with Crippen LogP contribution in [0.4, 0.5) is 0 Å². The Kier molecular flexibility index (Phi) is 3.22. The SMILES string of the molecule is CC(C)n1cncc1/C=N/N=C(N)N. The Hall–Kier alpha value is -1.85. The van der Waals surface area contributed by atoms with Crippen LogP contribution in [0.1, 0.15) is 25.6 Å². The minimum absolute atomic E-state index is 0.0585. The Morgan fingerprint density at radius 3 is 2.86 bits per heavy atom. The van der Waals surface area contributed by atoms with E-state index in [1.807, 2.05) is 4.57 Å². The number of imidazole rings is 1. The predicted octanol–water partition coefficient (Wildman–Crippen LogP) is 0.0713. The van der Waals surface area contributed by atoms with E-state index in [1.165, 1.54) is 0 Å². The van der Waals surface area contributed by atoms with Gasteiger partial charge < -0.3 is 16.0 Å². The molecule has 0 atom stereocenters. The van der Waals surface area contributed by atoms with Crippen LogP contribution in [-0.2, 0) is 0 Å². The molecule has 4 N–H and O–H groups in total. The highest BCUT2D eigenvalue weighted by atomic mass is 15.3. The van der Waals surface area contributed by atoms with Gasteiger partial charge in [-0.15, -0.1) is 5.10 Å². The second-order valence-electron chi connectivity index (χ2n) is 3.09. The van der Waals surface area contributed by atoms with Crippen molar-refractivity contribution in [1.29, 1.82) is 0 Å². The Balaban J connectivity index is 2.81. The van der Waals surface area contributed by atoms with E-state index >= 15 is 0 Å². The van der Waals surface area contributed by atoms with E-state index in [0.717, 1.165) is 5.69 Å². The molecular formula is C8H14N6. The lowest BCUT2D eigenvalue weighted by Gasteiger charge is -2.07. The highest BCUT2D eigenvalue weighted by molar-refractivity contribution is 5.79. The summed E-state index contributed by atoms with van der Waals surface area (Å²) in [5.41, 5.74) is 11.1. The Morgan fingerprint density at radius 2 is 2.29 bits per heavy atom. The second-order valence-corrected chi connectivity index (χ2v) is 3.09. The molecule has 1 aromatic rings. The van der Waals surface area contributed by atoms with Gasteiger partial charge in [-0.05, 0) is 13.8 Å². The van der Waals surface area contributed by atoms with Gasteiger partial charge in [-0.3, -0.25) is 0 Å². The molecule has 1 heterocycles. The van der Waals surface area contributed by atoms with Crippen molar-refractivity contribution in [2.75, 3.05) is 0 Å². The topological polar surface area (TPSA) is 94.6 Å². The Bertz CT molecular complexity index is 344. The lowest BCUT2D eigenvalue weighted by atomic mass is 10.3. The van der Waals surface area contributed by atoms with Crippen molar-refractivity contribution >= 4 is 12.2 Å². The predicted molar refractivity (Wildman–Crippen MR) is 56.0 cm³/mol. The highest BCUT2D eigenvalue weighted by Crippen LogP contribution is 2.06. The van der Waals surface area contributed by atoms with Crippen LogP contribution in [0.3, 0.4) is 0 Å². The van der Waals surface area contributed by atoms with Crippen molar-refractivity contribution in [2.24, 2.45) is 21.7 Å². The lowest BCUT2D eigenvalue weighted by molar-refractivity contribution is 0.597. The van der Waals surface area contributed by atoms with Crippen molar-refractivity contribution < 1.29 is 0 Å². The van der Waals surface area contributed by atoms with E-state index < -0.39 is 0 Å². The van der Waals surface area contributed by atoms with Crippen LogP contribution in [0.25, 0.3) is 0 Å². The summed E-state index contributed by atoms with van der Waals surface area (Å²) in [6.45, 7) is 4.11. The summed E-state index contributed by atoms with van der Waals surface area (Å²) in [5, 5.41) is 7.21. The first-order valence-corrected chi connectivity index (χ1v) is 4.25. The Morgan fingerprint density at radius 1 is 1.57 bits per heavy atom. The van der Waals surface area contributed by atoms with Gasteiger partial charge in [-0.2, -0.15) is 5.10 Å². The molecule has 1 aromatic heterocycles. The van der Waals surface area contributed by atoms with E-state index in [0.29, 0.717) is 6.04 Å². The van der Waals surface area contributed by atoms with Gasteiger partial charge in [0.15, 0.2) is 0 Å². The largest absolute Gasteiger partial charge is 0.369 e. The van der Waals surface area contributed by atoms with Crippen LogP contribution in [0, 0.1) is 0 Å². The highest BCUT2D eigenvalue weighted by Gasteiger charge is 2.01. The van der Waals surface area contributed by atoms with Crippen LogP contribution in [0.5, 0.6) is 0 Å². The summed E-state index contributed by atoms with van der Waals surface area (Å²) in [6.07, 6.45) is 5.00. The molecule has 0 aliphatic heterocycles. The molecule has 0 amide bonds. The quantitative estimate of drug-likeness (QED) is 0.405. The average molecular weight is 194 g/mol. The normalized spacial score (nSPS) is 11.1. The van der Waals surface area contributed by atoms with E-state index in [4.69, 9.17) is 11.5 Å². The van der Waals surface area contributed by atoms with Crippen LogP contribution >= 0.6 is 0 Å². The summed E-state index contributed by atoms with van der Waals surface area (Å²) in [4.78, 5) is 4.00. The first-order chi connectivity index (χ1) is 6.61. The molecule has 14 heavy (non-hydrogen) atoms. The van der Waals surface area contributed by atoms with Gasteiger partial charge >= 0.3 is 0 Å². The van der Waals surface area contributed by atoms with Gasteiger partial charge in [0, 0.05) is 6.04 Å². The zero-order chi connectivity index (χ0) is 10.6. The summed E-state index contributed by atoms with van der Waals surface area (Å²) in [6, 6.07) is 0.332. The van der Waals surface area contributed by atoms with Gasteiger partial charge in [0.1, 0.15) is 0 Å². The average Bonchev–Trinajstić information content (AvgIpc) is 2.51. The standard InChI is InChI=1S/C8H14N6/c1-6(2)14-5-11-3-7(14)4-12-13-8(9)10/h3-6H,1-2H3,(H4,9,10,13)/b12-4+. The zero-order valence-electron chi connectivity index (χ0n) is 8.25. The molecule has 0 aromatic carbocycles. The van der Waals surface area contributed by atoms with Gasteiger partial charge in [0.25, 0.3) is 0 Å². The third-order valence-electron chi connectivity index (χ3n) is 1.62. The van der Waals surface area contributed by atoms with E-state index in [-0.39, 0.29) is 5.96 Å². The number of rotatable bonds is 3. The summed E-state index contributed by atoms with van der Waals surface area (Å²) in [5.74, 6) is -0.0585. The number of aromatic nitrogens is 2. The molecule has 0 aliphatic rings. The van der Waals surface area contributed by atoms with Crippen molar-refractivity contribution in [3.63, 3.8) is 0 Å². The molecule has 6 heteroatoms. The van der Waals surface area contributed by atoms with Crippen LogP contribution in [0.15, 0.2) is 22.7 Å². The number of guanidine groups is 1. The first kappa shape index (κ1) is 10.2. The van der Waals surface area contributed by atoms with Crippen molar-refractivity contribution in [1.82, 2.24) is 9.55 Å². The molecule has 1 rings (SSSR count). The monoisotopic (exact) mass is 194 g/mol. The summed E-state index contributed by atoms with van der Waals surface area (Å²) in [7, 11) is 0. The van der Waals surface area contributed by atoms with E-state index in [1.54, 1.807) is 18.7 Å². The fourth-order valence-corrected chi connectivity index (χ4v) is 1.00. The summed E-state index contributed by atoms with van der Waals surface area (Å²) >= 11 is 0.